The van der Waals surface area contributed by atoms with Crippen LogP contribution in [-0.2, 0) is 4.79 Å². The van der Waals surface area contributed by atoms with Gasteiger partial charge in [-0.1, -0.05) is 18.6 Å². The van der Waals surface area contributed by atoms with Gasteiger partial charge >= 0.3 is 12.0 Å². The van der Waals surface area contributed by atoms with E-state index in [1.165, 1.54) is 4.90 Å². The molecule has 0 radical (unpaired) electrons. The Bertz CT molecular complexity index is 578. The summed E-state index contributed by atoms with van der Waals surface area (Å²) in [4.78, 5) is 25.5. The van der Waals surface area contributed by atoms with E-state index >= 15 is 0 Å². The fourth-order valence-electron chi connectivity index (χ4n) is 3.58. The molecule has 1 aromatic rings. The fourth-order valence-corrected chi connectivity index (χ4v) is 3.96. The number of halogens is 1. The third kappa shape index (κ3) is 2.64. The topological polar surface area (TPSA) is 69.6 Å². The minimum Gasteiger partial charge on any atom is -0.480 e. The zero-order valence-electron chi connectivity index (χ0n) is 11.5. The first kappa shape index (κ1) is 14.4. The van der Waals surface area contributed by atoms with Crippen LogP contribution in [0.4, 0.5) is 10.5 Å². The van der Waals surface area contributed by atoms with Gasteiger partial charge in [0.2, 0.25) is 0 Å². The Morgan fingerprint density at radius 2 is 2.05 bits per heavy atom. The van der Waals surface area contributed by atoms with Gasteiger partial charge in [-0.25, -0.2) is 9.59 Å². The summed E-state index contributed by atoms with van der Waals surface area (Å²) >= 11 is 3.38. The molecule has 2 fully saturated rings. The lowest BCUT2D eigenvalue weighted by atomic mass is 9.94. The number of anilines is 1. The summed E-state index contributed by atoms with van der Waals surface area (Å²) in [5.74, 6) is -0.463. The van der Waals surface area contributed by atoms with Gasteiger partial charge in [0.1, 0.15) is 6.04 Å². The highest BCUT2D eigenvalue weighted by molar-refractivity contribution is 9.10. The summed E-state index contributed by atoms with van der Waals surface area (Å²) in [5, 5.41) is 12.3. The van der Waals surface area contributed by atoms with Crippen molar-refractivity contribution in [3.8, 4) is 0 Å². The molecule has 1 aliphatic heterocycles. The van der Waals surface area contributed by atoms with Crippen LogP contribution in [0.2, 0.25) is 0 Å². The third-order valence-electron chi connectivity index (χ3n) is 4.52. The number of para-hydroxylation sites is 1. The van der Waals surface area contributed by atoms with Crippen molar-refractivity contribution in [2.75, 3.05) is 11.9 Å². The number of nitrogens with one attached hydrogen (secondary N) is 1. The number of carbonyl (C=O) groups excluding carboxylic acids is 1. The Balaban J connectivity index is 1.78. The number of aliphatic carboxylic acids is 1. The van der Waals surface area contributed by atoms with Crippen LogP contribution in [0.5, 0.6) is 0 Å². The fraction of sp³-hybridized carbons (Fsp3) is 0.467. The van der Waals surface area contributed by atoms with E-state index in [9.17, 15) is 14.7 Å². The van der Waals surface area contributed by atoms with E-state index in [1.54, 1.807) is 6.07 Å². The number of rotatable bonds is 2. The molecule has 0 spiro atoms. The Morgan fingerprint density at radius 3 is 2.76 bits per heavy atom. The molecule has 112 valence electrons. The number of hydrogen-bond acceptors (Lipinski definition) is 2. The van der Waals surface area contributed by atoms with Crippen LogP contribution < -0.4 is 5.32 Å². The molecule has 3 atom stereocenters. The highest BCUT2D eigenvalue weighted by Gasteiger charge is 2.49. The summed E-state index contributed by atoms with van der Waals surface area (Å²) in [7, 11) is 0. The molecule has 1 aromatic carbocycles. The maximum absolute atomic E-state index is 12.4. The summed E-state index contributed by atoms with van der Waals surface area (Å²) in [6, 6.07) is 6.29. The van der Waals surface area contributed by atoms with Crippen LogP contribution in [0, 0.1) is 11.8 Å². The van der Waals surface area contributed by atoms with Crippen molar-refractivity contribution in [1.29, 1.82) is 0 Å². The van der Waals surface area contributed by atoms with E-state index in [0.717, 1.165) is 23.7 Å². The number of likely N-dealkylation sites (tertiary alicyclic amines) is 1. The SMILES string of the molecule is O=C(O)C1C2CCCC2CN1C(=O)Nc1ccccc1Br. The van der Waals surface area contributed by atoms with E-state index < -0.39 is 12.0 Å². The van der Waals surface area contributed by atoms with Gasteiger partial charge in [-0.05, 0) is 52.7 Å². The van der Waals surface area contributed by atoms with Crippen LogP contribution in [0.1, 0.15) is 19.3 Å². The van der Waals surface area contributed by atoms with Gasteiger partial charge in [0.05, 0.1) is 5.69 Å². The molecule has 2 amide bonds. The first-order valence-electron chi connectivity index (χ1n) is 7.13. The second-order valence-corrected chi connectivity index (χ2v) is 6.55. The summed E-state index contributed by atoms with van der Waals surface area (Å²) in [6.07, 6.45) is 2.99. The lowest BCUT2D eigenvalue weighted by Gasteiger charge is -2.24. The van der Waals surface area contributed by atoms with Crippen LogP contribution in [0.25, 0.3) is 0 Å². The highest BCUT2D eigenvalue weighted by atomic mass is 79.9. The van der Waals surface area contributed by atoms with Crippen molar-refractivity contribution in [2.24, 2.45) is 11.8 Å². The summed E-state index contributed by atoms with van der Waals surface area (Å²) in [5.41, 5.74) is 0.656. The molecule has 3 unspecified atom stereocenters. The Kier molecular flexibility index (Phi) is 3.89. The lowest BCUT2D eigenvalue weighted by Crippen LogP contribution is -2.45. The van der Waals surface area contributed by atoms with E-state index in [1.807, 2.05) is 18.2 Å². The normalized spacial score (nSPS) is 27.5. The molecule has 2 aliphatic rings. The van der Waals surface area contributed by atoms with Crippen molar-refractivity contribution < 1.29 is 14.7 Å². The Hall–Kier alpha value is -1.56. The number of hydrogen-bond donors (Lipinski definition) is 2. The van der Waals surface area contributed by atoms with Gasteiger partial charge in [0, 0.05) is 11.0 Å². The van der Waals surface area contributed by atoms with Crippen LogP contribution in [0.3, 0.4) is 0 Å². The minimum absolute atomic E-state index is 0.104. The highest BCUT2D eigenvalue weighted by Crippen LogP contribution is 2.42. The molecule has 2 N–H and O–H groups in total. The molecule has 1 heterocycles. The maximum atomic E-state index is 12.4. The Labute approximate surface area is 131 Å². The van der Waals surface area contributed by atoms with E-state index in [-0.39, 0.29) is 11.9 Å². The van der Waals surface area contributed by atoms with Crippen molar-refractivity contribution >= 4 is 33.6 Å². The van der Waals surface area contributed by atoms with Gasteiger partial charge in [0.25, 0.3) is 0 Å². The van der Waals surface area contributed by atoms with Crippen LogP contribution in [-0.4, -0.2) is 34.6 Å². The predicted octanol–water partition coefficient (Wildman–Crippen LogP) is 3.17. The molecule has 0 aromatic heterocycles. The number of benzene rings is 1. The van der Waals surface area contributed by atoms with Crippen LogP contribution in [0.15, 0.2) is 28.7 Å². The Morgan fingerprint density at radius 1 is 1.29 bits per heavy atom. The van der Waals surface area contributed by atoms with Gasteiger partial charge in [0.15, 0.2) is 0 Å². The molecule has 1 aliphatic carbocycles. The predicted molar refractivity (Wildman–Crippen MR) is 82.1 cm³/mol. The number of amides is 2. The molecular formula is C15H17BrN2O3. The van der Waals surface area contributed by atoms with Gasteiger partial charge in [-0.2, -0.15) is 0 Å². The second-order valence-electron chi connectivity index (χ2n) is 5.70. The average Bonchev–Trinajstić information content (AvgIpc) is 3.00. The number of nitrogens with zero attached hydrogens (tertiary/aromatic N) is 1. The number of carboxylic acids is 1. The molecular weight excluding hydrogens is 336 g/mol. The molecule has 21 heavy (non-hydrogen) atoms. The summed E-state index contributed by atoms with van der Waals surface area (Å²) in [6.45, 7) is 0.540. The standard InChI is InChI=1S/C15H17BrN2O3/c16-11-6-1-2-7-12(11)17-15(21)18-8-9-4-3-5-10(9)13(18)14(19)20/h1-2,6-7,9-10,13H,3-5,8H2,(H,17,21)(H,19,20). The molecule has 0 bridgehead atoms. The number of fused-ring (bicyclic) bond motifs is 1. The third-order valence-corrected chi connectivity index (χ3v) is 5.21. The van der Waals surface area contributed by atoms with Crippen molar-refractivity contribution in [2.45, 2.75) is 25.3 Å². The zero-order chi connectivity index (χ0) is 15.0. The second kappa shape index (κ2) is 5.67. The van der Waals surface area contributed by atoms with Gasteiger partial charge in [-0.15, -0.1) is 0 Å². The van der Waals surface area contributed by atoms with E-state index in [2.05, 4.69) is 21.2 Å². The molecule has 1 saturated heterocycles. The number of carbonyl (C=O) groups is 2. The first-order valence-corrected chi connectivity index (χ1v) is 7.92. The zero-order valence-corrected chi connectivity index (χ0v) is 13.0. The number of urea groups is 1. The smallest absolute Gasteiger partial charge is 0.326 e. The molecule has 1 saturated carbocycles. The largest absolute Gasteiger partial charge is 0.480 e. The van der Waals surface area contributed by atoms with Gasteiger partial charge < -0.3 is 15.3 Å². The lowest BCUT2D eigenvalue weighted by molar-refractivity contribution is -0.142. The van der Waals surface area contributed by atoms with Crippen molar-refractivity contribution in [1.82, 2.24) is 4.90 Å². The van der Waals surface area contributed by atoms with Crippen molar-refractivity contribution in [3.05, 3.63) is 28.7 Å². The maximum Gasteiger partial charge on any atom is 0.326 e. The number of carboxylic acid groups (broad SMARTS) is 1. The van der Waals surface area contributed by atoms with Crippen molar-refractivity contribution in [3.63, 3.8) is 0 Å². The molecule has 5 nitrogen and oxygen atoms in total. The quantitative estimate of drug-likeness (QED) is 0.858. The molecule has 3 rings (SSSR count). The minimum atomic E-state index is -0.897. The van der Waals surface area contributed by atoms with E-state index in [4.69, 9.17) is 0 Å². The van der Waals surface area contributed by atoms with E-state index in [0.29, 0.717) is 18.2 Å². The summed E-state index contributed by atoms with van der Waals surface area (Å²) < 4.78 is 0.782. The van der Waals surface area contributed by atoms with Crippen LogP contribution >= 0.6 is 15.9 Å². The monoisotopic (exact) mass is 352 g/mol. The van der Waals surface area contributed by atoms with Gasteiger partial charge in [-0.3, -0.25) is 0 Å². The average molecular weight is 353 g/mol. The first-order chi connectivity index (χ1) is 10.1. The molecule has 6 heteroatoms.